The van der Waals surface area contributed by atoms with E-state index in [1.807, 2.05) is 0 Å². The molecule has 2 aliphatic rings. The third-order valence-corrected chi connectivity index (χ3v) is 5.92. The third-order valence-electron chi connectivity index (χ3n) is 5.92. The third kappa shape index (κ3) is 5.46. The van der Waals surface area contributed by atoms with Crippen LogP contribution in [0.25, 0.3) is 0 Å². The maximum absolute atomic E-state index is 12.0. The van der Waals surface area contributed by atoms with E-state index >= 15 is 0 Å². The van der Waals surface area contributed by atoms with E-state index < -0.39 is 0 Å². The Labute approximate surface area is 151 Å². The zero-order chi connectivity index (χ0) is 17.5. The van der Waals surface area contributed by atoms with Crippen molar-refractivity contribution in [3.05, 3.63) is 29.8 Å². The smallest absolute Gasteiger partial charge is 0.220 e. The lowest BCUT2D eigenvalue weighted by atomic mass is 9.97. The number of hydrogen-bond acceptors (Lipinski definition) is 3. The highest BCUT2D eigenvalue weighted by atomic mass is 16.3. The van der Waals surface area contributed by atoms with Crippen molar-refractivity contribution in [3.63, 3.8) is 0 Å². The summed E-state index contributed by atoms with van der Waals surface area (Å²) in [5.74, 6) is 1.43. The molecule has 2 fully saturated rings. The van der Waals surface area contributed by atoms with Crippen LogP contribution in [0.4, 0.5) is 5.69 Å². The molecule has 4 heteroatoms. The van der Waals surface area contributed by atoms with Crippen LogP contribution in [0.15, 0.2) is 24.3 Å². The largest absolute Gasteiger partial charge is 0.396 e. The molecule has 1 amide bonds. The quantitative estimate of drug-likeness (QED) is 0.796. The molecule has 2 N–H and O–H groups in total. The molecule has 0 atom stereocenters. The van der Waals surface area contributed by atoms with Gasteiger partial charge in [0.15, 0.2) is 0 Å². The van der Waals surface area contributed by atoms with Crippen molar-refractivity contribution in [2.45, 2.75) is 57.9 Å². The van der Waals surface area contributed by atoms with Crippen LogP contribution in [0.1, 0.15) is 56.9 Å². The molecule has 0 unspecified atom stereocenters. The van der Waals surface area contributed by atoms with Gasteiger partial charge in [0.1, 0.15) is 0 Å². The lowest BCUT2D eigenvalue weighted by molar-refractivity contribution is -0.121. The number of nitrogens with one attached hydrogen (secondary N) is 1. The summed E-state index contributed by atoms with van der Waals surface area (Å²) in [6, 6.07) is 8.54. The van der Waals surface area contributed by atoms with E-state index in [2.05, 4.69) is 34.5 Å². The number of carbonyl (C=O) groups excluding carboxylic acids is 1. The Morgan fingerprint density at radius 1 is 1.04 bits per heavy atom. The van der Waals surface area contributed by atoms with Crippen molar-refractivity contribution >= 4 is 11.6 Å². The molecule has 1 saturated heterocycles. The van der Waals surface area contributed by atoms with E-state index in [0.717, 1.165) is 43.8 Å². The second-order valence-electron chi connectivity index (χ2n) is 7.75. The highest BCUT2D eigenvalue weighted by Gasteiger charge is 2.19. The summed E-state index contributed by atoms with van der Waals surface area (Å²) >= 11 is 0. The van der Waals surface area contributed by atoms with Crippen LogP contribution >= 0.6 is 0 Å². The van der Waals surface area contributed by atoms with Gasteiger partial charge in [-0.05, 0) is 48.8 Å². The number of hydrogen-bond donors (Lipinski definition) is 2. The van der Waals surface area contributed by atoms with E-state index in [9.17, 15) is 9.90 Å². The van der Waals surface area contributed by atoms with E-state index in [4.69, 9.17) is 0 Å². The second kappa shape index (κ2) is 9.23. The van der Waals surface area contributed by atoms with Crippen molar-refractivity contribution in [1.29, 1.82) is 0 Å². The Bertz CT molecular complexity index is 529. The number of rotatable bonds is 7. The topological polar surface area (TPSA) is 52.6 Å². The maximum Gasteiger partial charge on any atom is 0.220 e. The van der Waals surface area contributed by atoms with E-state index in [1.54, 1.807) is 0 Å². The van der Waals surface area contributed by atoms with Gasteiger partial charge in [-0.25, -0.2) is 0 Å². The summed E-state index contributed by atoms with van der Waals surface area (Å²) in [5.41, 5.74) is 2.40. The summed E-state index contributed by atoms with van der Waals surface area (Å²) in [7, 11) is 0. The molecule has 1 saturated carbocycles. The summed E-state index contributed by atoms with van der Waals surface area (Å²) in [6.45, 7) is 2.97. The molecule has 0 spiro atoms. The van der Waals surface area contributed by atoms with E-state index in [-0.39, 0.29) is 5.91 Å². The van der Waals surface area contributed by atoms with Gasteiger partial charge in [0.2, 0.25) is 5.91 Å². The van der Waals surface area contributed by atoms with Gasteiger partial charge in [-0.2, -0.15) is 0 Å². The molecule has 1 aromatic carbocycles. The van der Waals surface area contributed by atoms with Crippen molar-refractivity contribution in [3.8, 4) is 0 Å². The van der Waals surface area contributed by atoms with Crippen LogP contribution in [-0.4, -0.2) is 30.7 Å². The normalized spacial score (nSPS) is 19.3. The molecule has 25 heavy (non-hydrogen) atoms. The van der Waals surface area contributed by atoms with Crippen LogP contribution < -0.4 is 10.2 Å². The van der Waals surface area contributed by atoms with Crippen molar-refractivity contribution in [2.24, 2.45) is 11.8 Å². The lowest BCUT2D eigenvalue weighted by Crippen LogP contribution is -2.34. The van der Waals surface area contributed by atoms with Crippen LogP contribution in [0.2, 0.25) is 0 Å². The minimum Gasteiger partial charge on any atom is -0.396 e. The monoisotopic (exact) mass is 344 g/mol. The average molecular weight is 344 g/mol. The number of aliphatic hydroxyl groups is 1. The molecule has 0 bridgehead atoms. The Morgan fingerprint density at radius 2 is 1.72 bits per heavy atom. The van der Waals surface area contributed by atoms with Gasteiger partial charge < -0.3 is 15.3 Å². The fourth-order valence-corrected chi connectivity index (χ4v) is 4.12. The molecular weight excluding hydrogens is 312 g/mol. The molecule has 0 aromatic heterocycles. The van der Waals surface area contributed by atoms with Crippen LogP contribution in [0, 0.1) is 11.8 Å². The summed E-state index contributed by atoms with van der Waals surface area (Å²) in [6.07, 6.45) is 9.16. The van der Waals surface area contributed by atoms with E-state index in [1.165, 1.54) is 31.4 Å². The SMILES string of the molecule is O=C(CCC1CCCC1)NCc1ccc(N2CCC(CO)CC2)cc1. The summed E-state index contributed by atoms with van der Waals surface area (Å²) < 4.78 is 0. The first-order valence-corrected chi connectivity index (χ1v) is 9.96. The Balaban J connectivity index is 1.39. The van der Waals surface area contributed by atoms with Crippen LogP contribution in [0.5, 0.6) is 0 Å². The first-order valence-electron chi connectivity index (χ1n) is 9.96. The number of nitrogens with zero attached hydrogens (tertiary/aromatic N) is 1. The highest BCUT2D eigenvalue weighted by molar-refractivity contribution is 5.75. The number of benzene rings is 1. The second-order valence-corrected chi connectivity index (χ2v) is 7.75. The average Bonchev–Trinajstić information content (AvgIpc) is 3.19. The van der Waals surface area contributed by atoms with Gasteiger partial charge in [-0.1, -0.05) is 37.8 Å². The molecule has 1 aliphatic carbocycles. The first-order chi connectivity index (χ1) is 12.2. The number of anilines is 1. The van der Waals surface area contributed by atoms with Gasteiger partial charge in [0.05, 0.1) is 0 Å². The summed E-state index contributed by atoms with van der Waals surface area (Å²) in [4.78, 5) is 14.4. The molecule has 1 aliphatic heterocycles. The minimum atomic E-state index is 0.182. The Morgan fingerprint density at radius 3 is 2.36 bits per heavy atom. The maximum atomic E-state index is 12.0. The summed E-state index contributed by atoms with van der Waals surface area (Å²) in [5, 5.41) is 12.3. The predicted molar refractivity (Wildman–Crippen MR) is 102 cm³/mol. The zero-order valence-corrected chi connectivity index (χ0v) is 15.3. The number of amides is 1. The number of aliphatic hydroxyl groups excluding tert-OH is 1. The van der Waals surface area contributed by atoms with Gasteiger partial charge in [-0.3, -0.25) is 4.79 Å². The Kier molecular flexibility index (Phi) is 6.74. The van der Waals surface area contributed by atoms with Gasteiger partial charge >= 0.3 is 0 Å². The fraction of sp³-hybridized carbons (Fsp3) is 0.667. The predicted octanol–water partition coefficient (Wildman–Crippen LogP) is 3.48. The lowest BCUT2D eigenvalue weighted by Gasteiger charge is -2.33. The van der Waals surface area contributed by atoms with Crippen LogP contribution in [0.3, 0.4) is 0 Å². The highest BCUT2D eigenvalue weighted by Crippen LogP contribution is 2.28. The van der Waals surface area contributed by atoms with Gasteiger partial charge in [0.25, 0.3) is 0 Å². The number of carbonyl (C=O) groups is 1. The number of piperidine rings is 1. The zero-order valence-electron chi connectivity index (χ0n) is 15.3. The van der Waals surface area contributed by atoms with Gasteiger partial charge in [0, 0.05) is 38.3 Å². The molecular formula is C21H32N2O2. The van der Waals surface area contributed by atoms with Gasteiger partial charge in [-0.15, -0.1) is 0 Å². The van der Waals surface area contributed by atoms with E-state index in [0.29, 0.717) is 25.5 Å². The molecule has 138 valence electrons. The molecule has 1 aromatic rings. The van der Waals surface area contributed by atoms with Crippen molar-refractivity contribution < 1.29 is 9.90 Å². The first kappa shape index (κ1) is 18.2. The standard InChI is InChI=1S/C21H32N2O2/c24-16-19-11-13-23(14-12-19)20-8-5-18(6-9-20)15-22-21(25)10-7-17-3-1-2-4-17/h5-6,8-9,17,19,24H,1-4,7,10-16H2,(H,22,25). The van der Waals surface area contributed by atoms with Crippen LogP contribution in [-0.2, 0) is 11.3 Å². The molecule has 3 rings (SSSR count). The molecule has 0 radical (unpaired) electrons. The Hall–Kier alpha value is -1.55. The molecule has 1 heterocycles. The molecule has 4 nitrogen and oxygen atoms in total. The fourth-order valence-electron chi connectivity index (χ4n) is 4.12. The van der Waals surface area contributed by atoms with Crippen molar-refractivity contribution in [2.75, 3.05) is 24.6 Å². The minimum absolute atomic E-state index is 0.182. The van der Waals surface area contributed by atoms with Crippen molar-refractivity contribution in [1.82, 2.24) is 5.32 Å².